The molecule has 138 valence electrons. The molecule has 8 nitrogen and oxygen atoms in total. The van der Waals surface area contributed by atoms with Crippen molar-refractivity contribution in [1.29, 1.82) is 0 Å². The first-order chi connectivity index (χ1) is 12.8. The van der Waals surface area contributed by atoms with E-state index in [0.717, 1.165) is 5.56 Å². The van der Waals surface area contributed by atoms with Gasteiger partial charge in [0.05, 0.1) is 12.9 Å². The maximum absolute atomic E-state index is 12.5. The Morgan fingerprint density at radius 1 is 1.11 bits per heavy atom. The third kappa shape index (κ3) is 3.28. The Morgan fingerprint density at radius 2 is 1.85 bits per heavy atom. The third-order valence-electron chi connectivity index (χ3n) is 3.67. The van der Waals surface area contributed by atoms with Crippen molar-refractivity contribution in [1.82, 2.24) is 29.7 Å². The summed E-state index contributed by atoms with van der Waals surface area (Å²) in [6.07, 6.45) is -3.13. The highest BCUT2D eigenvalue weighted by atomic mass is 35.5. The topological polar surface area (TPSA) is 109 Å². The lowest BCUT2D eigenvalue weighted by molar-refractivity contribution is -0.159. The summed E-state index contributed by atoms with van der Waals surface area (Å²) in [5, 5.41) is 3.51. The van der Waals surface area contributed by atoms with Crippen LogP contribution in [0.4, 0.5) is 19.1 Å². The van der Waals surface area contributed by atoms with Crippen molar-refractivity contribution in [3.05, 3.63) is 47.2 Å². The molecule has 0 spiro atoms. The minimum atomic E-state index is -4.68. The van der Waals surface area contributed by atoms with Gasteiger partial charge in [-0.15, -0.1) is 0 Å². The Bertz CT molecular complexity index is 1120. The highest BCUT2D eigenvalue weighted by Crippen LogP contribution is 2.29. The molecule has 0 bridgehead atoms. The minimum Gasteiger partial charge on any atom is -0.368 e. The second kappa shape index (κ2) is 6.20. The van der Waals surface area contributed by atoms with Gasteiger partial charge in [0.1, 0.15) is 5.52 Å². The first-order valence-electron chi connectivity index (χ1n) is 7.45. The molecule has 0 aliphatic heterocycles. The number of nitrogens with two attached hydrogens (primary N) is 1. The summed E-state index contributed by atoms with van der Waals surface area (Å²) in [5.41, 5.74) is 7.74. The van der Waals surface area contributed by atoms with Gasteiger partial charge in [0, 0.05) is 5.56 Å². The molecule has 0 atom stereocenters. The lowest BCUT2D eigenvalue weighted by Crippen LogP contribution is -2.04. The highest BCUT2D eigenvalue weighted by Gasteiger charge is 2.38. The van der Waals surface area contributed by atoms with Gasteiger partial charge >= 0.3 is 12.1 Å². The van der Waals surface area contributed by atoms with Crippen molar-refractivity contribution in [3.8, 4) is 11.4 Å². The van der Waals surface area contributed by atoms with Gasteiger partial charge in [-0.2, -0.15) is 28.1 Å². The van der Waals surface area contributed by atoms with Crippen LogP contribution in [0.25, 0.3) is 22.6 Å². The SMILES string of the molecule is Nc1nc(Cl)c2ncn(Cc3ccc(-c4noc(C(F)(F)F)n4)cc3)c2n1. The highest BCUT2D eigenvalue weighted by molar-refractivity contribution is 6.33. The molecule has 12 heteroatoms. The zero-order valence-corrected chi connectivity index (χ0v) is 14.0. The first kappa shape index (κ1) is 17.2. The summed E-state index contributed by atoms with van der Waals surface area (Å²) >= 11 is 5.99. The van der Waals surface area contributed by atoms with Crippen LogP contribution in [0.1, 0.15) is 11.5 Å². The number of hydrogen-bond acceptors (Lipinski definition) is 7. The van der Waals surface area contributed by atoms with E-state index in [1.807, 2.05) is 0 Å². The van der Waals surface area contributed by atoms with Gasteiger partial charge in [-0.25, -0.2) is 4.98 Å². The average molecular weight is 396 g/mol. The number of benzene rings is 1. The third-order valence-corrected chi connectivity index (χ3v) is 3.94. The van der Waals surface area contributed by atoms with Crippen molar-refractivity contribution >= 4 is 28.7 Å². The van der Waals surface area contributed by atoms with E-state index in [0.29, 0.717) is 23.3 Å². The molecule has 3 aromatic heterocycles. The summed E-state index contributed by atoms with van der Waals surface area (Å²) in [6.45, 7) is 0.392. The van der Waals surface area contributed by atoms with Crippen molar-refractivity contribution < 1.29 is 17.7 Å². The molecule has 1 aromatic carbocycles. The minimum absolute atomic E-state index is 0.0298. The molecular weight excluding hydrogens is 387 g/mol. The monoisotopic (exact) mass is 395 g/mol. The number of nitrogens with zero attached hydrogens (tertiary/aromatic N) is 6. The van der Waals surface area contributed by atoms with Crippen molar-refractivity contribution in [2.24, 2.45) is 0 Å². The molecule has 0 aliphatic rings. The predicted molar refractivity (Wildman–Crippen MR) is 88.6 cm³/mol. The summed E-state index contributed by atoms with van der Waals surface area (Å²) in [4.78, 5) is 15.5. The molecule has 3 heterocycles. The van der Waals surface area contributed by atoms with Crippen molar-refractivity contribution in [2.45, 2.75) is 12.7 Å². The molecule has 4 aromatic rings. The maximum atomic E-state index is 12.5. The number of aromatic nitrogens is 6. The molecule has 0 aliphatic carbocycles. The normalized spacial score (nSPS) is 12.0. The molecule has 4 rings (SSSR count). The van der Waals surface area contributed by atoms with Gasteiger partial charge in [0.15, 0.2) is 10.8 Å². The van der Waals surface area contributed by atoms with Crippen molar-refractivity contribution in [2.75, 3.05) is 5.73 Å². The number of fused-ring (bicyclic) bond motifs is 1. The average Bonchev–Trinajstić information content (AvgIpc) is 3.23. The lowest BCUT2D eigenvalue weighted by Gasteiger charge is -2.05. The van der Waals surface area contributed by atoms with Crippen LogP contribution in [0.2, 0.25) is 5.15 Å². The van der Waals surface area contributed by atoms with E-state index in [9.17, 15) is 13.2 Å². The molecule has 0 unspecified atom stereocenters. The number of halogens is 4. The smallest absolute Gasteiger partial charge is 0.368 e. The molecular formula is C15H9ClF3N7O. The summed E-state index contributed by atoms with van der Waals surface area (Å²) in [6, 6.07) is 6.62. The van der Waals surface area contributed by atoms with Crippen LogP contribution in [0.5, 0.6) is 0 Å². The Balaban J connectivity index is 1.59. The van der Waals surface area contributed by atoms with Crippen LogP contribution in [0.15, 0.2) is 35.1 Å². The first-order valence-corrected chi connectivity index (χ1v) is 7.83. The van der Waals surface area contributed by atoms with Crippen LogP contribution in [-0.2, 0) is 12.7 Å². The van der Waals surface area contributed by atoms with Gasteiger partial charge < -0.3 is 14.8 Å². The fraction of sp³-hybridized carbons (Fsp3) is 0.133. The van der Waals surface area contributed by atoms with Gasteiger partial charge in [-0.3, -0.25) is 0 Å². The van der Waals surface area contributed by atoms with Crippen LogP contribution >= 0.6 is 11.6 Å². The quantitative estimate of drug-likeness (QED) is 0.530. The number of hydrogen-bond donors (Lipinski definition) is 1. The van der Waals surface area contributed by atoms with Gasteiger partial charge in [-0.1, -0.05) is 41.0 Å². The summed E-state index contributed by atoms with van der Waals surface area (Å²) < 4.78 is 43.6. The second-order valence-corrected chi connectivity index (χ2v) is 5.89. The summed E-state index contributed by atoms with van der Waals surface area (Å²) in [5.74, 6) is -1.50. The summed E-state index contributed by atoms with van der Waals surface area (Å²) in [7, 11) is 0. The molecule has 27 heavy (non-hydrogen) atoms. The van der Waals surface area contributed by atoms with E-state index >= 15 is 0 Å². The lowest BCUT2D eigenvalue weighted by atomic mass is 10.1. The molecule has 0 amide bonds. The van der Waals surface area contributed by atoms with Crippen LogP contribution < -0.4 is 5.73 Å². The number of alkyl halides is 3. The fourth-order valence-corrected chi connectivity index (χ4v) is 2.67. The van der Waals surface area contributed by atoms with Gasteiger partial charge in [0.2, 0.25) is 11.8 Å². The number of rotatable bonds is 3. The Hall–Kier alpha value is -3.21. The predicted octanol–water partition coefficient (Wildman–Crippen LogP) is 3.18. The Kier molecular flexibility index (Phi) is 3.95. The second-order valence-electron chi connectivity index (χ2n) is 5.54. The zero-order chi connectivity index (χ0) is 19.2. The van der Waals surface area contributed by atoms with E-state index < -0.39 is 12.1 Å². The standard InChI is InChI=1S/C15H9ClF3N7O/c16-10-9-12(24-14(20)22-10)26(6-21-9)5-7-1-3-8(4-2-7)11-23-13(27-25-11)15(17,18)19/h1-4,6H,5H2,(H2,20,22,24). The molecule has 0 fully saturated rings. The van der Waals surface area contributed by atoms with Gasteiger partial charge in [0.25, 0.3) is 0 Å². The fourth-order valence-electron chi connectivity index (χ4n) is 2.45. The van der Waals surface area contributed by atoms with E-state index in [-0.39, 0.29) is 16.9 Å². The van der Waals surface area contributed by atoms with E-state index in [2.05, 4.69) is 29.6 Å². The Labute approximate surface area is 153 Å². The number of imidazole rings is 1. The van der Waals surface area contributed by atoms with Crippen LogP contribution in [0.3, 0.4) is 0 Å². The molecule has 0 saturated heterocycles. The molecule has 2 N–H and O–H groups in total. The number of anilines is 1. The number of nitrogen functional groups attached to an aromatic ring is 1. The van der Waals surface area contributed by atoms with E-state index in [4.69, 9.17) is 17.3 Å². The molecule has 0 radical (unpaired) electrons. The van der Waals surface area contributed by atoms with Crippen LogP contribution in [0, 0.1) is 0 Å². The van der Waals surface area contributed by atoms with Gasteiger partial charge in [-0.05, 0) is 5.56 Å². The largest absolute Gasteiger partial charge is 0.471 e. The van der Waals surface area contributed by atoms with E-state index in [1.54, 1.807) is 35.2 Å². The molecule has 0 saturated carbocycles. The maximum Gasteiger partial charge on any atom is 0.471 e. The Morgan fingerprint density at radius 3 is 2.52 bits per heavy atom. The zero-order valence-electron chi connectivity index (χ0n) is 13.3. The van der Waals surface area contributed by atoms with Crippen LogP contribution in [-0.4, -0.2) is 29.7 Å². The van der Waals surface area contributed by atoms with E-state index in [1.165, 1.54) is 0 Å². The van der Waals surface area contributed by atoms with Crippen molar-refractivity contribution in [3.63, 3.8) is 0 Å².